The fourth-order valence-corrected chi connectivity index (χ4v) is 3.70. The first-order chi connectivity index (χ1) is 10.6. The molecule has 0 amide bonds. The number of ether oxygens (including phenoxy) is 1. The van der Waals surface area contributed by atoms with E-state index in [9.17, 15) is 4.79 Å². The molecule has 22 heavy (non-hydrogen) atoms. The van der Waals surface area contributed by atoms with Gasteiger partial charge in [0.2, 0.25) is 0 Å². The molecule has 1 saturated carbocycles. The lowest BCUT2D eigenvalue weighted by Gasteiger charge is -2.26. The Bertz CT molecular complexity index is 307. The van der Waals surface area contributed by atoms with Crippen LogP contribution in [0.3, 0.4) is 0 Å². The minimum absolute atomic E-state index is 0.0428. The molecular formula is C18H36N2O2. The summed E-state index contributed by atoms with van der Waals surface area (Å²) in [4.78, 5) is 13.9. The summed E-state index contributed by atoms with van der Waals surface area (Å²) in [6.45, 7) is 4.46. The van der Waals surface area contributed by atoms with Crippen LogP contribution in [0.4, 0.5) is 0 Å². The van der Waals surface area contributed by atoms with Gasteiger partial charge in [-0.3, -0.25) is 4.79 Å². The zero-order valence-electron chi connectivity index (χ0n) is 15.1. The van der Waals surface area contributed by atoms with Crippen LogP contribution in [-0.2, 0) is 9.53 Å². The van der Waals surface area contributed by atoms with Crippen LogP contribution in [0, 0.1) is 11.8 Å². The molecule has 4 heteroatoms. The number of methoxy groups -OCH3 is 1. The third-order valence-corrected chi connectivity index (χ3v) is 4.96. The molecule has 0 aromatic heterocycles. The van der Waals surface area contributed by atoms with E-state index in [2.05, 4.69) is 31.2 Å². The van der Waals surface area contributed by atoms with Gasteiger partial charge in [-0.1, -0.05) is 26.2 Å². The number of unbranched alkanes of at least 4 members (excludes halogenated alkanes) is 2. The zero-order valence-corrected chi connectivity index (χ0v) is 15.1. The Labute approximate surface area is 137 Å². The molecule has 0 unspecified atom stereocenters. The molecule has 1 N–H and O–H groups in total. The molecule has 0 heterocycles. The Hall–Kier alpha value is -0.610. The summed E-state index contributed by atoms with van der Waals surface area (Å²) < 4.78 is 4.88. The van der Waals surface area contributed by atoms with Crippen LogP contribution >= 0.6 is 0 Å². The van der Waals surface area contributed by atoms with Crippen molar-refractivity contribution in [2.75, 3.05) is 34.3 Å². The van der Waals surface area contributed by atoms with Gasteiger partial charge in [-0.05, 0) is 64.7 Å². The van der Waals surface area contributed by atoms with Crippen LogP contribution in [0.15, 0.2) is 0 Å². The molecule has 0 aliphatic heterocycles. The molecule has 3 atom stereocenters. The fraction of sp³-hybridized carbons (Fsp3) is 0.944. The summed E-state index contributed by atoms with van der Waals surface area (Å²) in [7, 11) is 5.74. The van der Waals surface area contributed by atoms with Gasteiger partial charge in [0.1, 0.15) is 0 Å². The number of hydrogen-bond acceptors (Lipinski definition) is 4. The van der Waals surface area contributed by atoms with Gasteiger partial charge in [-0.15, -0.1) is 0 Å². The highest BCUT2D eigenvalue weighted by atomic mass is 16.5. The van der Waals surface area contributed by atoms with Crippen LogP contribution < -0.4 is 5.32 Å². The van der Waals surface area contributed by atoms with Crippen molar-refractivity contribution >= 4 is 5.97 Å². The van der Waals surface area contributed by atoms with E-state index in [1.165, 1.54) is 45.6 Å². The van der Waals surface area contributed by atoms with Crippen molar-refractivity contribution in [2.24, 2.45) is 11.8 Å². The first-order valence-corrected chi connectivity index (χ1v) is 9.03. The summed E-state index contributed by atoms with van der Waals surface area (Å²) in [5, 5.41) is 3.76. The lowest BCUT2D eigenvalue weighted by atomic mass is 9.86. The minimum Gasteiger partial charge on any atom is -0.469 e. The van der Waals surface area contributed by atoms with Gasteiger partial charge in [0.25, 0.3) is 0 Å². The largest absolute Gasteiger partial charge is 0.469 e. The van der Waals surface area contributed by atoms with E-state index in [1.54, 1.807) is 0 Å². The van der Waals surface area contributed by atoms with Crippen molar-refractivity contribution in [1.82, 2.24) is 10.2 Å². The van der Waals surface area contributed by atoms with Crippen LogP contribution in [0.2, 0.25) is 0 Å². The Morgan fingerprint density at radius 2 is 2.00 bits per heavy atom. The average Bonchev–Trinajstić information content (AvgIpc) is 2.86. The first kappa shape index (κ1) is 19.4. The van der Waals surface area contributed by atoms with E-state index < -0.39 is 0 Å². The van der Waals surface area contributed by atoms with Crippen LogP contribution in [-0.4, -0.2) is 51.2 Å². The van der Waals surface area contributed by atoms with E-state index in [1.807, 2.05) is 0 Å². The maximum absolute atomic E-state index is 11.6. The van der Waals surface area contributed by atoms with Gasteiger partial charge < -0.3 is 15.0 Å². The smallest absolute Gasteiger partial charge is 0.305 e. The molecule has 1 rings (SSSR count). The number of nitrogens with one attached hydrogen (secondary N) is 1. The van der Waals surface area contributed by atoms with Gasteiger partial charge >= 0.3 is 5.97 Å². The highest BCUT2D eigenvalue weighted by Gasteiger charge is 2.36. The van der Waals surface area contributed by atoms with E-state index >= 15 is 0 Å². The van der Waals surface area contributed by atoms with E-state index in [-0.39, 0.29) is 5.97 Å². The van der Waals surface area contributed by atoms with Crippen molar-refractivity contribution in [1.29, 1.82) is 0 Å². The van der Waals surface area contributed by atoms with Gasteiger partial charge in [0.15, 0.2) is 0 Å². The molecule has 0 radical (unpaired) electrons. The highest BCUT2D eigenvalue weighted by molar-refractivity contribution is 5.69. The Kier molecular flexibility index (Phi) is 9.73. The quantitative estimate of drug-likeness (QED) is 0.470. The topological polar surface area (TPSA) is 41.6 Å². The number of esters is 1. The summed E-state index contributed by atoms with van der Waals surface area (Å²) in [5.41, 5.74) is 0. The summed E-state index contributed by atoms with van der Waals surface area (Å²) in [6, 6.07) is 0.591. The van der Waals surface area contributed by atoms with Crippen LogP contribution in [0.1, 0.15) is 58.3 Å². The lowest BCUT2D eigenvalue weighted by molar-refractivity contribution is -0.142. The van der Waals surface area contributed by atoms with E-state index in [0.717, 1.165) is 19.5 Å². The fourth-order valence-electron chi connectivity index (χ4n) is 3.70. The predicted molar refractivity (Wildman–Crippen MR) is 92.0 cm³/mol. The minimum atomic E-state index is -0.0428. The van der Waals surface area contributed by atoms with Crippen molar-refractivity contribution in [2.45, 2.75) is 64.3 Å². The van der Waals surface area contributed by atoms with Gasteiger partial charge in [0.05, 0.1) is 7.11 Å². The molecule has 1 fully saturated rings. The Morgan fingerprint density at radius 1 is 1.23 bits per heavy atom. The van der Waals surface area contributed by atoms with Gasteiger partial charge in [-0.25, -0.2) is 0 Å². The highest BCUT2D eigenvalue weighted by Crippen LogP contribution is 2.38. The van der Waals surface area contributed by atoms with E-state index in [4.69, 9.17) is 4.74 Å². The number of carbonyl (C=O) groups excluding carboxylic acids is 1. The predicted octanol–water partition coefficient (Wildman–Crippen LogP) is 3.07. The second-order valence-corrected chi connectivity index (χ2v) is 6.99. The molecule has 0 saturated heterocycles. The molecule has 4 nitrogen and oxygen atoms in total. The zero-order chi connectivity index (χ0) is 16.4. The molecular weight excluding hydrogens is 276 g/mol. The Morgan fingerprint density at radius 3 is 2.64 bits per heavy atom. The van der Waals surface area contributed by atoms with Crippen LogP contribution in [0.25, 0.3) is 0 Å². The van der Waals surface area contributed by atoms with Gasteiger partial charge in [0, 0.05) is 12.5 Å². The van der Waals surface area contributed by atoms with Crippen molar-refractivity contribution in [3.05, 3.63) is 0 Å². The maximum atomic E-state index is 11.6. The second-order valence-electron chi connectivity index (χ2n) is 6.99. The molecule has 0 aromatic rings. The number of nitrogens with zero attached hydrogens (tertiary/aromatic N) is 1. The molecule has 130 valence electrons. The third-order valence-electron chi connectivity index (χ3n) is 4.96. The van der Waals surface area contributed by atoms with Crippen molar-refractivity contribution in [3.63, 3.8) is 0 Å². The maximum Gasteiger partial charge on any atom is 0.305 e. The molecule has 0 aromatic carbocycles. The van der Waals surface area contributed by atoms with Gasteiger partial charge in [-0.2, -0.15) is 0 Å². The summed E-state index contributed by atoms with van der Waals surface area (Å²) >= 11 is 0. The second kappa shape index (κ2) is 11.0. The SMILES string of the molecule is CCCCC[C@@H]1[C@H](CC(=O)OC)CC[C@@H]1NCCCN(C)C. The molecule has 0 bridgehead atoms. The monoisotopic (exact) mass is 312 g/mol. The normalized spacial score (nSPS) is 24.9. The van der Waals surface area contributed by atoms with E-state index in [0.29, 0.717) is 24.3 Å². The molecule has 1 aliphatic carbocycles. The average molecular weight is 312 g/mol. The third kappa shape index (κ3) is 7.10. The first-order valence-electron chi connectivity index (χ1n) is 9.03. The number of rotatable bonds is 11. The summed E-state index contributed by atoms with van der Waals surface area (Å²) in [5.74, 6) is 1.11. The number of hydrogen-bond donors (Lipinski definition) is 1. The van der Waals surface area contributed by atoms with Crippen LogP contribution in [0.5, 0.6) is 0 Å². The Balaban J connectivity index is 2.44. The lowest BCUT2D eigenvalue weighted by Crippen LogP contribution is -2.36. The molecule has 0 spiro atoms. The summed E-state index contributed by atoms with van der Waals surface area (Å²) in [6.07, 6.45) is 9.26. The van der Waals surface area contributed by atoms with Crippen molar-refractivity contribution in [3.8, 4) is 0 Å². The number of carbonyl (C=O) groups is 1. The standard InChI is InChI=1S/C18H36N2O2/c1-5-6-7-9-16-15(14-18(21)22-4)10-11-17(16)19-12-8-13-20(2)3/h15-17,19H,5-14H2,1-4H3/t15-,16+,17-/m0/s1. The van der Waals surface area contributed by atoms with Crippen molar-refractivity contribution < 1.29 is 9.53 Å². The molecule has 1 aliphatic rings.